The van der Waals surface area contributed by atoms with Gasteiger partial charge < -0.3 is 11.1 Å². The van der Waals surface area contributed by atoms with Gasteiger partial charge in [-0.1, -0.05) is 17.7 Å². The highest BCUT2D eigenvalue weighted by Crippen LogP contribution is 2.21. The van der Waals surface area contributed by atoms with Crippen LogP contribution in [-0.4, -0.2) is 10.9 Å². The Hall–Kier alpha value is -2.07. The van der Waals surface area contributed by atoms with E-state index in [0.29, 0.717) is 22.0 Å². The lowest BCUT2D eigenvalue weighted by atomic mass is 10.1. The molecule has 0 aliphatic heterocycles. The highest BCUT2D eigenvalue weighted by atomic mass is 35.5. The number of nitrogen functional groups attached to an aromatic ring is 1. The molecule has 0 unspecified atom stereocenters. The van der Waals surface area contributed by atoms with Crippen LogP contribution in [0, 0.1) is 6.92 Å². The second kappa shape index (κ2) is 5.06. The van der Waals surface area contributed by atoms with Gasteiger partial charge in [0.25, 0.3) is 5.91 Å². The van der Waals surface area contributed by atoms with Crippen LogP contribution in [0.1, 0.15) is 15.9 Å². The van der Waals surface area contributed by atoms with Crippen molar-refractivity contribution in [2.75, 3.05) is 11.1 Å². The van der Waals surface area contributed by atoms with Crippen molar-refractivity contribution >= 4 is 28.9 Å². The molecule has 0 aliphatic carbocycles. The Morgan fingerprint density at radius 1 is 1.39 bits per heavy atom. The topological polar surface area (TPSA) is 68.0 Å². The maximum atomic E-state index is 12.0. The molecule has 0 aliphatic rings. The number of nitrogens with zero attached hydrogens (tertiary/aromatic N) is 1. The van der Waals surface area contributed by atoms with E-state index in [4.69, 9.17) is 17.3 Å². The molecule has 1 amide bonds. The third-order valence-electron chi connectivity index (χ3n) is 2.47. The highest BCUT2D eigenvalue weighted by Gasteiger charge is 2.11. The van der Waals surface area contributed by atoms with Crippen molar-refractivity contribution in [2.45, 2.75) is 6.92 Å². The summed E-state index contributed by atoms with van der Waals surface area (Å²) < 4.78 is 0. The fourth-order valence-electron chi connectivity index (χ4n) is 1.51. The molecule has 0 fully saturated rings. The quantitative estimate of drug-likeness (QED) is 0.873. The average Bonchev–Trinajstić information content (AvgIpc) is 2.32. The number of anilines is 2. The van der Waals surface area contributed by atoms with Crippen LogP contribution in [0.5, 0.6) is 0 Å². The second-order valence-corrected chi connectivity index (χ2v) is 4.31. The Bertz CT molecular complexity index is 599. The number of nitrogens with two attached hydrogens (primary N) is 1. The van der Waals surface area contributed by atoms with Crippen LogP contribution in [0.25, 0.3) is 0 Å². The monoisotopic (exact) mass is 261 g/mol. The molecule has 0 spiro atoms. The van der Waals surface area contributed by atoms with Gasteiger partial charge >= 0.3 is 0 Å². The van der Waals surface area contributed by atoms with Gasteiger partial charge in [0.1, 0.15) is 0 Å². The Balaban J connectivity index is 2.25. The van der Waals surface area contributed by atoms with Gasteiger partial charge in [0.15, 0.2) is 0 Å². The average molecular weight is 262 g/mol. The Morgan fingerprint density at radius 2 is 2.17 bits per heavy atom. The van der Waals surface area contributed by atoms with E-state index in [-0.39, 0.29) is 5.91 Å². The molecule has 1 aromatic carbocycles. The predicted molar refractivity (Wildman–Crippen MR) is 72.8 cm³/mol. The van der Waals surface area contributed by atoms with E-state index in [0.717, 1.165) is 5.56 Å². The summed E-state index contributed by atoms with van der Waals surface area (Å²) in [5.74, 6) is -0.294. The summed E-state index contributed by atoms with van der Waals surface area (Å²) in [6.45, 7) is 1.91. The van der Waals surface area contributed by atoms with Crippen molar-refractivity contribution in [3.05, 3.63) is 52.8 Å². The first-order valence-electron chi connectivity index (χ1n) is 5.35. The standard InChI is InChI=1S/C13H12ClN3O/c1-8-2-3-9(10(14)6-8)13(18)17-12-4-5-16-7-11(12)15/h2-7H,15H2,1H3,(H,16,17,18). The number of nitrogens with one attached hydrogen (secondary N) is 1. The van der Waals surface area contributed by atoms with Crippen molar-refractivity contribution in [3.63, 3.8) is 0 Å². The van der Waals surface area contributed by atoms with Gasteiger partial charge in [0.2, 0.25) is 0 Å². The Morgan fingerprint density at radius 3 is 2.83 bits per heavy atom. The number of amides is 1. The number of pyridine rings is 1. The van der Waals surface area contributed by atoms with Crippen molar-refractivity contribution in [2.24, 2.45) is 0 Å². The van der Waals surface area contributed by atoms with Crippen LogP contribution < -0.4 is 11.1 Å². The van der Waals surface area contributed by atoms with E-state index in [1.54, 1.807) is 24.4 Å². The predicted octanol–water partition coefficient (Wildman–Crippen LogP) is 2.88. The zero-order valence-corrected chi connectivity index (χ0v) is 10.5. The minimum Gasteiger partial charge on any atom is -0.396 e. The van der Waals surface area contributed by atoms with Crippen LogP contribution in [-0.2, 0) is 0 Å². The largest absolute Gasteiger partial charge is 0.396 e. The van der Waals surface area contributed by atoms with Crippen molar-refractivity contribution in [3.8, 4) is 0 Å². The maximum Gasteiger partial charge on any atom is 0.257 e. The first-order chi connectivity index (χ1) is 8.58. The number of halogens is 1. The fourth-order valence-corrected chi connectivity index (χ4v) is 1.84. The molecule has 5 heteroatoms. The molecule has 0 saturated carbocycles. The Labute approximate surface area is 110 Å². The summed E-state index contributed by atoms with van der Waals surface area (Å²) in [4.78, 5) is 15.9. The molecule has 18 heavy (non-hydrogen) atoms. The van der Waals surface area contributed by atoms with Crippen LogP contribution in [0.3, 0.4) is 0 Å². The van der Waals surface area contributed by atoms with E-state index in [1.807, 2.05) is 13.0 Å². The fraction of sp³-hybridized carbons (Fsp3) is 0.0769. The van der Waals surface area contributed by atoms with Gasteiger partial charge in [-0.2, -0.15) is 0 Å². The third-order valence-corrected chi connectivity index (χ3v) is 2.78. The van der Waals surface area contributed by atoms with E-state index < -0.39 is 0 Å². The second-order valence-electron chi connectivity index (χ2n) is 3.90. The minimum atomic E-state index is -0.294. The lowest BCUT2D eigenvalue weighted by Gasteiger charge is -2.08. The van der Waals surface area contributed by atoms with Crippen LogP contribution in [0.2, 0.25) is 5.02 Å². The van der Waals surface area contributed by atoms with Gasteiger partial charge in [0, 0.05) is 6.20 Å². The number of aryl methyl sites for hydroxylation is 1. The summed E-state index contributed by atoms with van der Waals surface area (Å²) in [7, 11) is 0. The molecule has 4 nitrogen and oxygen atoms in total. The van der Waals surface area contributed by atoms with Gasteiger partial charge in [-0.15, -0.1) is 0 Å². The van der Waals surface area contributed by atoms with E-state index in [2.05, 4.69) is 10.3 Å². The zero-order valence-electron chi connectivity index (χ0n) is 9.77. The molecular formula is C13H12ClN3O. The highest BCUT2D eigenvalue weighted by molar-refractivity contribution is 6.34. The van der Waals surface area contributed by atoms with Crippen molar-refractivity contribution in [1.29, 1.82) is 0 Å². The number of hydrogen-bond donors (Lipinski definition) is 2. The molecule has 0 atom stereocenters. The number of rotatable bonds is 2. The SMILES string of the molecule is Cc1ccc(C(=O)Nc2ccncc2N)c(Cl)c1. The third kappa shape index (κ3) is 2.60. The number of carbonyl (C=O) groups excluding carboxylic acids is 1. The normalized spacial score (nSPS) is 10.1. The molecule has 0 saturated heterocycles. The summed E-state index contributed by atoms with van der Waals surface area (Å²) in [6.07, 6.45) is 3.04. The number of benzene rings is 1. The molecule has 1 heterocycles. The van der Waals surface area contributed by atoms with Gasteiger partial charge in [0.05, 0.1) is 28.2 Å². The molecular weight excluding hydrogens is 250 g/mol. The number of aromatic nitrogens is 1. The van der Waals surface area contributed by atoms with Crippen LogP contribution >= 0.6 is 11.6 Å². The first-order valence-corrected chi connectivity index (χ1v) is 5.72. The van der Waals surface area contributed by atoms with E-state index >= 15 is 0 Å². The summed E-state index contributed by atoms with van der Waals surface area (Å²) in [5, 5.41) is 3.12. The molecule has 0 radical (unpaired) electrons. The van der Waals surface area contributed by atoms with Crippen molar-refractivity contribution in [1.82, 2.24) is 4.98 Å². The van der Waals surface area contributed by atoms with Crippen LogP contribution in [0.4, 0.5) is 11.4 Å². The van der Waals surface area contributed by atoms with Crippen LogP contribution in [0.15, 0.2) is 36.7 Å². The van der Waals surface area contributed by atoms with E-state index in [9.17, 15) is 4.79 Å². The maximum absolute atomic E-state index is 12.0. The molecule has 2 aromatic rings. The smallest absolute Gasteiger partial charge is 0.257 e. The zero-order chi connectivity index (χ0) is 13.1. The minimum absolute atomic E-state index is 0.294. The molecule has 92 valence electrons. The number of hydrogen-bond acceptors (Lipinski definition) is 3. The van der Waals surface area contributed by atoms with Gasteiger partial charge in [-0.05, 0) is 30.7 Å². The summed E-state index contributed by atoms with van der Waals surface area (Å²) >= 11 is 6.03. The summed E-state index contributed by atoms with van der Waals surface area (Å²) in [6, 6.07) is 6.89. The number of carbonyl (C=O) groups is 1. The van der Waals surface area contributed by atoms with Gasteiger partial charge in [-0.25, -0.2) is 0 Å². The summed E-state index contributed by atoms with van der Waals surface area (Å²) in [5.41, 5.74) is 8.05. The lowest BCUT2D eigenvalue weighted by Crippen LogP contribution is -2.13. The molecule has 2 rings (SSSR count). The first kappa shape index (κ1) is 12.4. The van der Waals surface area contributed by atoms with Gasteiger partial charge in [-0.3, -0.25) is 9.78 Å². The Kier molecular flexibility index (Phi) is 3.48. The molecule has 0 bridgehead atoms. The van der Waals surface area contributed by atoms with Crippen molar-refractivity contribution < 1.29 is 4.79 Å². The van der Waals surface area contributed by atoms with E-state index in [1.165, 1.54) is 6.20 Å². The lowest BCUT2D eigenvalue weighted by molar-refractivity contribution is 0.102. The molecule has 1 aromatic heterocycles. The molecule has 3 N–H and O–H groups in total.